The Hall–Kier alpha value is -1.95. The van der Waals surface area contributed by atoms with Crippen molar-refractivity contribution in [1.82, 2.24) is 10.3 Å². The molecule has 0 spiro atoms. The van der Waals surface area contributed by atoms with E-state index in [1.807, 2.05) is 13.8 Å². The number of rotatable bonds is 5. The van der Waals surface area contributed by atoms with Crippen LogP contribution in [-0.4, -0.2) is 16.9 Å². The number of carbonyl (C=O) groups excluding carboxylic acids is 1. The van der Waals surface area contributed by atoms with Crippen LogP contribution in [0.2, 0.25) is 0 Å². The van der Waals surface area contributed by atoms with Crippen LogP contribution in [0, 0.1) is 12.7 Å². The van der Waals surface area contributed by atoms with Crippen molar-refractivity contribution in [1.29, 1.82) is 0 Å². The zero-order valence-electron chi connectivity index (χ0n) is 12.2. The van der Waals surface area contributed by atoms with Gasteiger partial charge >= 0.3 is 0 Å². The molecule has 1 heterocycles. The van der Waals surface area contributed by atoms with E-state index in [-0.39, 0.29) is 17.8 Å². The minimum absolute atomic E-state index is 0.105. The summed E-state index contributed by atoms with van der Waals surface area (Å²) in [5.41, 5.74) is 1.42. The largest absolute Gasteiger partial charge is 0.349 e. The third-order valence-electron chi connectivity index (χ3n) is 3.09. The number of nitrogens with zero attached hydrogens (tertiary/aromatic N) is 1. The van der Waals surface area contributed by atoms with Crippen molar-refractivity contribution in [3.63, 3.8) is 0 Å². The molecular formula is C15H18FN3OS. The van der Waals surface area contributed by atoms with Gasteiger partial charge in [-0.05, 0) is 44.5 Å². The van der Waals surface area contributed by atoms with Crippen LogP contribution >= 0.6 is 11.3 Å². The lowest BCUT2D eigenvalue weighted by atomic mass is 10.2. The van der Waals surface area contributed by atoms with Crippen LogP contribution in [0.1, 0.15) is 35.6 Å². The van der Waals surface area contributed by atoms with Gasteiger partial charge in [0.15, 0.2) is 5.13 Å². The molecule has 6 heteroatoms. The quantitative estimate of drug-likeness (QED) is 0.882. The molecule has 1 aromatic heterocycles. The van der Waals surface area contributed by atoms with Crippen LogP contribution < -0.4 is 10.6 Å². The van der Waals surface area contributed by atoms with Gasteiger partial charge in [-0.25, -0.2) is 9.37 Å². The zero-order valence-corrected chi connectivity index (χ0v) is 13.1. The van der Waals surface area contributed by atoms with Gasteiger partial charge in [0.1, 0.15) is 10.7 Å². The molecule has 0 bridgehead atoms. The second-order valence-corrected chi connectivity index (χ2v) is 5.85. The summed E-state index contributed by atoms with van der Waals surface area (Å²) >= 11 is 1.29. The highest BCUT2D eigenvalue weighted by molar-refractivity contribution is 7.17. The highest BCUT2D eigenvalue weighted by Gasteiger charge is 2.16. The van der Waals surface area contributed by atoms with Gasteiger partial charge in [0, 0.05) is 11.7 Å². The number of anilines is 2. The van der Waals surface area contributed by atoms with E-state index >= 15 is 0 Å². The normalized spacial score (nSPS) is 12.0. The number of thiazole rings is 1. The average molecular weight is 307 g/mol. The Morgan fingerprint density at radius 3 is 2.67 bits per heavy atom. The van der Waals surface area contributed by atoms with Crippen molar-refractivity contribution in [3.8, 4) is 0 Å². The summed E-state index contributed by atoms with van der Waals surface area (Å²) in [4.78, 5) is 17.1. The van der Waals surface area contributed by atoms with E-state index in [2.05, 4.69) is 15.6 Å². The molecule has 2 rings (SSSR count). The number of aryl methyl sites for hydroxylation is 1. The minimum atomic E-state index is -0.288. The summed E-state index contributed by atoms with van der Waals surface area (Å²) in [5, 5.41) is 6.62. The van der Waals surface area contributed by atoms with E-state index in [0.717, 1.165) is 12.1 Å². The maximum atomic E-state index is 12.9. The third-order valence-corrected chi connectivity index (χ3v) is 4.16. The molecule has 0 aliphatic rings. The fourth-order valence-corrected chi connectivity index (χ4v) is 2.60. The number of halogens is 1. The molecule has 0 saturated carbocycles. The predicted molar refractivity (Wildman–Crippen MR) is 83.8 cm³/mol. The Balaban J connectivity index is 2.11. The summed E-state index contributed by atoms with van der Waals surface area (Å²) in [6.07, 6.45) is 0.879. The van der Waals surface area contributed by atoms with Crippen LogP contribution in [0.15, 0.2) is 24.3 Å². The second kappa shape index (κ2) is 6.67. The van der Waals surface area contributed by atoms with Gasteiger partial charge < -0.3 is 10.6 Å². The summed E-state index contributed by atoms with van der Waals surface area (Å²) in [7, 11) is 0. The van der Waals surface area contributed by atoms with E-state index in [0.29, 0.717) is 15.7 Å². The fourth-order valence-electron chi connectivity index (χ4n) is 1.71. The smallest absolute Gasteiger partial charge is 0.263 e. The molecule has 2 N–H and O–H groups in total. The molecule has 0 radical (unpaired) electrons. The van der Waals surface area contributed by atoms with Crippen LogP contribution in [0.5, 0.6) is 0 Å². The van der Waals surface area contributed by atoms with E-state index < -0.39 is 0 Å². The molecule has 2 aromatic rings. The van der Waals surface area contributed by atoms with Gasteiger partial charge in [-0.2, -0.15) is 0 Å². The van der Waals surface area contributed by atoms with Gasteiger partial charge in [0.25, 0.3) is 5.91 Å². The van der Waals surface area contributed by atoms with E-state index in [4.69, 9.17) is 0 Å². The Morgan fingerprint density at radius 2 is 2.05 bits per heavy atom. The van der Waals surface area contributed by atoms with Crippen LogP contribution in [0.4, 0.5) is 15.2 Å². The molecule has 1 atom stereocenters. The zero-order chi connectivity index (χ0) is 15.4. The van der Waals surface area contributed by atoms with Gasteiger partial charge in [0.05, 0.1) is 5.69 Å². The lowest BCUT2D eigenvalue weighted by Crippen LogP contribution is -2.31. The summed E-state index contributed by atoms with van der Waals surface area (Å²) in [6, 6.07) is 6.14. The summed E-state index contributed by atoms with van der Waals surface area (Å²) in [5.74, 6) is -0.393. The molecule has 1 amide bonds. The lowest BCUT2D eigenvalue weighted by molar-refractivity contribution is 0.0942. The number of nitrogens with one attached hydrogen (secondary N) is 2. The molecule has 0 aliphatic heterocycles. The van der Waals surface area contributed by atoms with Crippen LogP contribution in [0.3, 0.4) is 0 Å². The Labute approximate surface area is 127 Å². The second-order valence-electron chi connectivity index (χ2n) is 4.85. The Morgan fingerprint density at radius 1 is 1.38 bits per heavy atom. The minimum Gasteiger partial charge on any atom is -0.349 e. The number of aromatic nitrogens is 1. The lowest BCUT2D eigenvalue weighted by Gasteiger charge is -2.09. The first kappa shape index (κ1) is 15.4. The number of benzene rings is 1. The Kier molecular flexibility index (Phi) is 4.90. The molecule has 21 heavy (non-hydrogen) atoms. The molecule has 0 unspecified atom stereocenters. The molecular weight excluding hydrogens is 289 g/mol. The van der Waals surface area contributed by atoms with Crippen LogP contribution in [-0.2, 0) is 0 Å². The monoisotopic (exact) mass is 307 g/mol. The van der Waals surface area contributed by atoms with E-state index in [1.54, 1.807) is 19.1 Å². The predicted octanol–water partition coefficient (Wildman–Crippen LogP) is 3.86. The van der Waals surface area contributed by atoms with Crippen molar-refractivity contribution in [2.45, 2.75) is 33.2 Å². The first-order valence-corrected chi connectivity index (χ1v) is 7.62. The Bertz CT molecular complexity index is 624. The average Bonchev–Trinajstić information content (AvgIpc) is 2.82. The molecule has 0 aliphatic carbocycles. The molecule has 0 saturated heterocycles. The van der Waals surface area contributed by atoms with Crippen molar-refractivity contribution in [2.75, 3.05) is 5.32 Å². The fraction of sp³-hybridized carbons (Fsp3) is 0.333. The summed E-state index contributed by atoms with van der Waals surface area (Å²) in [6.45, 7) is 5.79. The van der Waals surface area contributed by atoms with Crippen molar-refractivity contribution in [3.05, 3.63) is 40.7 Å². The van der Waals surface area contributed by atoms with Gasteiger partial charge in [-0.15, -0.1) is 0 Å². The molecule has 112 valence electrons. The number of hydrogen-bond donors (Lipinski definition) is 2. The molecule has 0 fully saturated rings. The number of carbonyl (C=O) groups is 1. The van der Waals surface area contributed by atoms with Gasteiger partial charge in [-0.1, -0.05) is 18.3 Å². The van der Waals surface area contributed by atoms with E-state index in [1.165, 1.54) is 23.5 Å². The van der Waals surface area contributed by atoms with Crippen LogP contribution in [0.25, 0.3) is 0 Å². The SMILES string of the molecule is CC[C@@H](C)NC(=O)c1sc(Nc2ccc(F)cc2)nc1C. The maximum absolute atomic E-state index is 12.9. The van der Waals surface area contributed by atoms with Gasteiger partial charge in [-0.3, -0.25) is 4.79 Å². The summed E-state index contributed by atoms with van der Waals surface area (Å²) < 4.78 is 12.9. The third kappa shape index (κ3) is 4.01. The van der Waals surface area contributed by atoms with E-state index in [9.17, 15) is 9.18 Å². The van der Waals surface area contributed by atoms with Crippen molar-refractivity contribution < 1.29 is 9.18 Å². The number of amides is 1. The maximum Gasteiger partial charge on any atom is 0.263 e. The highest BCUT2D eigenvalue weighted by atomic mass is 32.1. The first-order valence-electron chi connectivity index (χ1n) is 6.80. The molecule has 1 aromatic carbocycles. The number of hydrogen-bond acceptors (Lipinski definition) is 4. The van der Waals surface area contributed by atoms with Crippen molar-refractivity contribution in [2.24, 2.45) is 0 Å². The van der Waals surface area contributed by atoms with Gasteiger partial charge in [0.2, 0.25) is 0 Å². The topological polar surface area (TPSA) is 54.0 Å². The molecule has 4 nitrogen and oxygen atoms in total. The standard InChI is InChI=1S/C15H18FN3OS/c1-4-9(2)17-14(20)13-10(3)18-15(21-13)19-12-7-5-11(16)6-8-12/h5-9H,4H2,1-3H3,(H,17,20)(H,18,19)/t9-/m1/s1. The first-order chi connectivity index (χ1) is 9.99. The highest BCUT2D eigenvalue weighted by Crippen LogP contribution is 2.26. The van der Waals surface area contributed by atoms with Crippen molar-refractivity contribution >= 4 is 28.1 Å².